The molecule has 194 valence electrons. The average molecular weight is 550 g/mol. The van der Waals surface area contributed by atoms with Gasteiger partial charge in [-0.1, -0.05) is 11.6 Å². The molecule has 0 saturated carbocycles. The van der Waals surface area contributed by atoms with Crippen LogP contribution in [0.2, 0.25) is 5.02 Å². The summed E-state index contributed by atoms with van der Waals surface area (Å²) in [6.45, 7) is 2.87. The van der Waals surface area contributed by atoms with Crippen molar-refractivity contribution in [1.29, 1.82) is 0 Å². The molecule has 0 aromatic heterocycles. The summed E-state index contributed by atoms with van der Waals surface area (Å²) in [5.74, 6) is -3.02. The van der Waals surface area contributed by atoms with E-state index in [9.17, 15) is 34.4 Å². The molecule has 3 rings (SSSR count). The molecule has 0 aliphatic carbocycles. The van der Waals surface area contributed by atoms with E-state index in [1.807, 2.05) is 0 Å². The van der Waals surface area contributed by atoms with Crippen LogP contribution in [0.1, 0.15) is 29.8 Å². The number of hydrogen-bond acceptors (Lipinski definition) is 10. The molecule has 0 unspecified atom stereocenters. The number of thioether (sulfide) groups is 1. The maximum absolute atomic E-state index is 12.8. The lowest BCUT2D eigenvalue weighted by molar-refractivity contribution is -0.386. The van der Waals surface area contributed by atoms with Gasteiger partial charge in [0.1, 0.15) is 6.54 Å². The van der Waals surface area contributed by atoms with Gasteiger partial charge < -0.3 is 19.9 Å². The van der Waals surface area contributed by atoms with Crippen molar-refractivity contribution in [3.05, 3.63) is 61.5 Å². The summed E-state index contributed by atoms with van der Waals surface area (Å²) < 4.78 is 10.1. The van der Waals surface area contributed by atoms with Crippen molar-refractivity contribution >= 4 is 63.8 Å². The summed E-state index contributed by atoms with van der Waals surface area (Å²) >= 11 is 6.55. The van der Waals surface area contributed by atoms with Crippen LogP contribution in [-0.2, 0) is 14.3 Å². The summed E-state index contributed by atoms with van der Waals surface area (Å²) in [6.07, 6.45) is 1.22. The zero-order chi connectivity index (χ0) is 27.3. The molecule has 2 aromatic carbocycles. The van der Waals surface area contributed by atoms with Gasteiger partial charge in [0.05, 0.1) is 33.6 Å². The molecule has 12 nitrogen and oxygen atoms in total. The number of nitrogens with one attached hydrogen (secondary N) is 1. The number of carbonyl (C=O) groups excluding carboxylic acids is 4. The van der Waals surface area contributed by atoms with Gasteiger partial charge in [-0.05, 0) is 61.5 Å². The largest absolute Gasteiger partial charge is 0.500 e. The summed E-state index contributed by atoms with van der Waals surface area (Å²) in [4.78, 5) is 60.9. The number of phenolic OH excluding ortho intramolecular Hbond substituents is 1. The quantitative estimate of drug-likeness (QED) is 0.200. The number of aromatic hydroxyl groups is 1. The highest BCUT2D eigenvalue weighted by molar-refractivity contribution is 8.18. The first-order chi connectivity index (χ1) is 17.5. The minimum atomic E-state index is -0.810. The van der Waals surface area contributed by atoms with Gasteiger partial charge in [0.2, 0.25) is 11.7 Å². The molecule has 1 aliphatic heterocycles. The summed E-state index contributed by atoms with van der Waals surface area (Å²) in [6, 6.07) is 6.44. The van der Waals surface area contributed by atoms with Crippen LogP contribution in [0, 0.1) is 10.1 Å². The second kappa shape index (κ2) is 11.8. The summed E-state index contributed by atoms with van der Waals surface area (Å²) in [7, 11) is 0. The van der Waals surface area contributed by atoms with E-state index in [1.54, 1.807) is 13.8 Å². The molecule has 14 heteroatoms. The van der Waals surface area contributed by atoms with Gasteiger partial charge in [-0.15, -0.1) is 0 Å². The van der Waals surface area contributed by atoms with E-state index >= 15 is 0 Å². The molecule has 0 spiro atoms. The van der Waals surface area contributed by atoms with E-state index in [4.69, 9.17) is 21.1 Å². The first-order valence-electron chi connectivity index (χ1n) is 10.7. The molecule has 0 radical (unpaired) electrons. The van der Waals surface area contributed by atoms with Crippen molar-refractivity contribution < 1.29 is 38.7 Å². The standard InChI is InChI=1S/C23H20ClN3O9S/c1-3-35-17-8-12(7-16(20(17)29)27(33)34)9-18-21(30)26(23(32)37-18)11-19(28)25-13-5-6-15(24)14(10-13)22(31)36-4-2/h5-10,29H,3-4,11H2,1-2H3,(H,25,28)/b18-9-. The first kappa shape index (κ1) is 27.5. The molecule has 1 saturated heterocycles. The lowest BCUT2D eigenvalue weighted by Crippen LogP contribution is -2.36. The lowest BCUT2D eigenvalue weighted by Gasteiger charge is -2.13. The third kappa shape index (κ3) is 6.37. The third-order valence-electron chi connectivity index (χ3n) is 4.79. The van der Waals surface area contributed by atoms with Crippen LogP contribution >= 0.6 is 23.4 Å². The Bertz CT molecular complexity index is 1330. The van der Waals surface area contributed by atoms with Gasteiger partial charge in [0, 0.05) is 11.8 Å². The predicted molar refractivity (Wildman–Crippen MR) is 135 cm³/mol. The number of rotatable bonds is 9. The molecule has 1 fully saturated rings. The SMILES string of the molecule is CCOC(=O)c1cc(NC(=O)CN2C(=O)S/C(=C\c3cc(OCC)c(O)c([N+](=O)[O-])c3)C2=O)ccc1Cl. The fourth-order valence-electron chi connectivity index (χ4n) is 3.20. The third-order valence-corrected chi connectivity index (χ3v) is 6.03. The molecule has 2 N–H and O–H groups in total. The Morgan fingerprint density at radius 1 is 1.22 bits per heavy atom. The van der Waals surface area contributed by atoms with Gasteiger partial charge >= 0.3 is 11.7 Å². The van der Waals surface area contributed by atoms with Crippen molar-refractivity contribution in [3.8, 4) is 11.5 Å². The van der Waals surface area contributed by atoms with Crippen LogP contribution in [0.25, 0.3) is 6.08 Å². The number of carbonyl (C=O) groups is 4. The molecule has 0 bridgehead atoms. The van der Waals surface area contributed by atoms with Gasteiger partial charge in [0.15, 0.2) is 5.75 Å². The number of amides is 3. The van der Waals surface area contributed by atoms with Crippen molar-refractivity contribution in [3.63, 3.8) is 0 Å². The molecule has 2 aromatic rings. The van der Waals surface area contributed by atoms with E-state index in [-0.39, 0.29) is 45.7 Å². The van der Waals surface area contributed by atoms with Crippen LogP contribution in [0.4, 0.5) is 16.2 Å². The van der Waals surface area contributed by atoms with E-state index in [0.717, 1.165) is 6.07 Å². The second-order valence-electron chi connectivity index (χ2n) is 7.31. The van der Waals surface area contributed by atoms with Crippen molar-refractivity contribution in [2.75, 3.05) is 25.1 Å². The number of esters is 1. The molecule has 37 heavy (non-hydrogen) atoms. The van der Waals surface area contributed by atoms with Gasteiger partial charge in [-0.3, -0.25) is 29.4 Å². The normalized spacial score (nSPS) is 14.1. The van der Waals surface area contributed by atoms with Crippen LogP contribution in [0.3, 0.4) is 0 Å². The van der Waals surface area contributed by atoms with Crippen molar-refractivity contribution in [2.45, 2.75) is 13.8 Å². The maximum atomic E-state index is 12.8. The second-order valence-corrected chi connectivity index (χ2v) is 8.71. The molecule has 3 amide bonds. The van der Waals surface area contributed by atoms with E-state index in [1.165, 1.54) is 30.3 Å². The number of anilines is 1. The highest BCUT2D eigenvalue weighted by Crippen LogP contribution is 2.39. The Morgan fingerprint density at radius 2 is 1.95 bits per heavy atom. The van der Waals surface area contributed by atoms with Gasteiger partial charge in [0.25, 0.3) is 11.1 Å². The number of nitrogens with zero attached hydrogens (tertiary/aromatic N) is 2. The summed E-state index contributed by atoms with van der Waals surface area (Å²) in [5, 5.41) is 23.2. The Labute approximate surface area is 219 Å². The minimum absolute atomic E-state index is 0.0323. The van der Waals surface area contributed by atoms with Crippen LogP contribution < -0.4 is 10.1 Å². The number of nitro benzene ring substituents is 1. The van der Waals surface area contributed by atoms with Crippen molar-refractivity contribution in [2.24, 2.45) is 0 Å². The van der Waals surface area contributed by atoms with Crippen LogP contribution in [0.5, 0.6) is 11.5 Å². The average Bonchev–Trinajstić information content (AvgIpc) is 3.09. The Hall–Kier alpha value is -4.10. The molecule has 0 atom stereocenters. The smallest absolute Gasteiger partial charge is 0.339 e. The lowest BCUT2D eigenvalue weighted by atomic mass is 10.1. The van der Waals surface area contributed by atoms with Crippen molar-refractivity contribution in [1.82, 2.24) is 4.90 Å². The molecular formula is C23H20ClN3O9S. The number of nitro groups is 1. The first-order valence-corrected chi connectivity index (χ1v) is 11.9. The molecule has 1 heterocycles. The maximum Gasteiger partial charge on any atom is 0.339 e. The summed E-state index contributed by atoms with van der Waals surface area (Å²) in [5.41, 5.74) is -0.277. The molecule has 1 aliphatic rings. The highest BCUT2D eigenvalue weighted by Gasteiger charge is 2.36. The zero-order valence-corrected chi connectivity index (χ0v) is 21.1. The van der Waals surface area contributed by atoms with E-state index in [0.29, 0.717) is 16.7 Å². The number of phenols is 1. The predicted octanol–water partition coefficient (Wildman–Crippen LogP) is 4.20. The number of benzene rings is 2. The fourth-order valence-corrected chi connectivity index (χ4v) is 4.23. The Kier molecular flexibility index (Phi) is 8.73. The highest BCUT2D eigenvalue weighted by atomic mass is 35.5. The number of halogens is 1. The number of imide groups is 1. The number of hydrogen-bond donors (Lipinski definition) is 2. The minimum Gasteiger partial charge on any atom is -0.500 e. The van der Waals surface area contributed by atoms with Crippen LogP contribution in [-0.4, -0.2) is 57.7 Å². The van der Waals surface area contributed by atoms with Gasteiger partial charge in [-0.2, -0.15) is 0 Å². The topological polar surface area (TPSA) is 165 Å². The Balaban J connectivity index is 1.78. The van der Waals surface area contributed by atoms with E-state index in [2.05, 4.69) is 5.32 Å². The zero-order valence-electron chi connectivity index (χ0n) is 19.5. The van der Waals surface area contributed by atoms with Crippen LogP contribution in [0.15, 0.2) is 35.2 Å². The van der Waals surface area contributed by atoms with E-state index < -0.39 is 45.9 Å². The Morgan fingerprint density at radius 3 is 2.59 bits per heavy atom. The number of ether oxygens (including phenoxy) is 2. The van der Waals surface area contributed by atoms with Gasteiger partial charge in [-0.25, -0.2) is 4.79 Å². The molecular weight excluding hydrogens is 530 g/mol. The fraction of sp³-hybridized carbons (Fsp3) is 0.217. The monoisotopic (exact) mass is 549 g/mol.